The minimum Gasteiger partial charge on any atom is -0.444 e. The Morgan fingerprint density at radius 2 is 1.82 bits per heavy atom. The van der Waals surface area contributed by atoms with Gasteiger partial charge in [0.05, 0.1) is 16.6 Å². The van der Waals surface area contributed by atoms with Crippen LogP contribution in [0.5, 0.6) is 0 Å². The molecule has 2 fully saturated rings. The van der Waals surface area contributed by atoms with E-state index < -0.39 is 34.9 Å². The Bertz CT molecular complexity index is 1110. The second-order valence-electron chi connectivity index (χ2n) is 10.2. The molecule has 6 nitrogen and oxygen atoms in total. The molecular formula is C24H28F3N3O3. The van der Waals surface area contributed by atoms with Crippen LogP contribution in [0.3, 0.4) is 0 Å². The van der Waals surface area contributed by atoms with Crippen molar-refractivity contribution in [3.63, 3.8) is 0 Å². The number of hydrogen-bond acceptors (Lipinski definition) is 4. The van der Waals surface area contributed by atoms with Gasteiger partial charge in [-0.2, -0.15) is 13.2 Å². The monoisotopic (exact) mass is 463 g/mol. The number of nitrogens with zero attached hydrogens (tertiary/aromatic N) is 1. The van der Waals surface area contributed by atoms with Crippen LogP contribution in [0, 0.1) is 6.92 Å². The van der Waals surface area contributed by atoms with Crippen molar-refractivity contribution in [2.24, 2.45) is 0 Å². The standard InChI is InChI=1S/C24H28F3N3O3/c1-13-9-18(20(31)28-12-23(7-8-23)30-21(32)33-22(2,3)4)29-19-16(13)10-15(14-5-6-14)11-17(19)24(25,26)27/h9-11,14H,5-8,12H2,1-4H3,(H,28,31)(H,30,32). The molecule has 9 heteroatoms. The van der Waals surface area contributed by atoms with Gasteiger partial charge in [-0.15, -0.1) is 0 Å². The molecule has 0 saturated heterocycles. The van der Waals surface area contributed by atoms with E-state index in [9.17, 15) is 22.8 Å². The van der Waals surface area contributed by atoms with Gasteiger partial charge in [0.25, 0.3) is 5.91 Å². The van der Waals surface area contributed by atoms with Crippen LogP contribution in [-0.4, -0.2) is 34.7 Å². The van der Waals surface area contributed by atoms with Crippen molar-refractivity contribution in [1.82, 2.24) is 15.6 Å². The summed E-state index contributed by atoms with van der Waals surface area (Å²) in [5.74, 6) is -0.429. The predicted molar refractivity (Wildman–Crippen MR) is 117 cm³/mol. The molecule has 33 heavy (non-hydrogen) atoms. The van der Waals surface area contributed by atoms with E-state index >= 15 is 0 Å². The highest BCUT2D eigenvalue weighted by Crippen LogP contribution is 2.44. The minimum atomic E-state index is -4.58. The van der Waals surface area contributed by atoms with Gasteiger partial charge < -0.3 is 15.4 Å². The third kappa shape index (κ3) is 5.39. The first-order valence-corrected chi connectivity index (χ1v) is 11.1. The summed E-state index contributed by atoms with van der Waals surface area (Å²) in [5.41, 5.74) is -1.15. The van der Waals surface area contributed by atoms with Crippen molar-refractivity contribution in [3.05, 3.63) is 40.6 Å². The summed E-state index contributed by atoms with van der Waals surface area (Å²) in [7, 11) is 0. The molecule has 2 amide bonds. The molecule has 0 atom stereocenters. The van der Waals surface area contributed by atoms with E-state index in [1.165, 1.54) is 6.07 Å². The number of amides is 2. The Hall–Kier alpha value is -2.84. The Kier molecular flexibility index (Phi) is 5.57. The van der Waals surface area contributed by atoms with Gasteiger partial charge in [-0.25, -0.2) is 9.78 Å². The topological polar surface area (TPSA) is 80.3 Å². The van der Waals surface area contributed by atoms with Gasteiger partial charge in [-0.1, -0.05) is 0 Å². The number of ether oxygens (including phenoxy) is 1. The lowest BCUT2D eigenvalue weighted by Crippen LogP contribution is -2.47. The van der Waals surface area contributed by atoms with Gasteiger partial charge in [0, 0.05) is 11.9 Å². The average Bonchev–Trinajstić information content (AvgIpc) is 3.59. The first-order chi connectivity index (χ1) is 15.3. The van der Waals surface area contributed by atoms with Gasteiger partial charge >= 0.3 is 12.3 Å². The molecule has 4 rings (SSSR count). The molecular weight excluding hydrogens is 435 g/mol. The lowest BCUT2D eigenvalue weighted by Gasteiger charge is -2.23. The number of aryl methyl sites for hydroxylation is 1. The highest BCUT2D eigenvalue weighted by atomic mass is 19.4. The van der Waals surface area contributed by atoms with Crippen molar-refractivity contribution >= 4 is 22.9 Å². The number of alkyl carbamates (subject to hydrolysis) is 1. The maximum absolute atomic E-state index is 13.8. The molecule has 0 radical (unpaired) electrons. The van der Waals surface area contributed by atoms with E-state index in [2.05, 4.69) is 15.6 Å². The number of hydrogen-bond donors (Lipinski definition) is 2. The SMILES string of the molecule is Cc1cc(C(=O)NCC2(NC(=O)OC(C)(C)C)CC2)nc2c(C(F)(F)F)cc(C3CC3)cc12. The number of pyridine rings is 1. The van der Waals surface area contributed by atoms with Gasteiger partial charge in [0.2, 0.25) is 0 Å². The van der Waals surface area contributed by atoms with Crippen molar-refractivity contribution in [2.75, 3.05) is 6.54 Å². The fourth-order valence-corrected chi connectivity index (χ4v) is 3.86. The first kappa shape index (κ1) is 23.3. The van der Waals surface area contributed by atoms with Crippen molar-refractivity contribution in [3.8, 4) is 0 Å². The Labute approximate surface area is 190 Å². The number of aromatic nitrogens is 1. The average molecular weight is 464 g/mol. The molecule has 0 spiro atoms. The van der Waals surface area contributed by atoms with E-state index in [0.29, 0.717) is 29.4 Å². The summed E-state index contributed by atoms with van der Waals surface area (Å²) in [4.78, 5) is 29.0. The van der Waals surface area contributed by atoms with Gasteiger partial charge in [-0.05, 0) is 88.6 Å². The maximum atomic E-state index is 13.8. The third-order valence-corrected chi connectivity index (χ3v) is 5.94. The predicted octanol–water partition coefficient (Wildman–Crippen LogP) is 5.23. The summed E-state index contributed by atoms with van der Waals surface area (Å²) in [6, 6.07) is 4.43. The number of nitrogens with one attached hydrogen (secondary N) is 2. The number of carbonyl (C=O) groups excluding carboxylic acids is 2. The van der Waals surface area contributed by atoms with Crippen LogP contribution in [0.4, 0.5) is 18.0 Å². The molecule has 1 aromatic heterocycles. The molecule has 1 heterocycles. The van der Waals surface area contributed by atoms with Crippen LogP contribution in [-0.2, 0) is 10.9 Å². The van der Waals surface area contributed by atoms with E-state index in [-0.39, 0.29) is 23.7 Å². The number of alkyl halides is 3. The van der Waals surface area contributed by atoms with Gasteiger partial charge in [-0.3, -0.25) is 4.79 Å². The Balaban J connectivity index is 1.54. The van der Waals surface area contributed by atoms with Crippen LogP contribution in [0.2, 0.25) is 0 Å². The summed E-state index contributed by atoms with van der Waals surface area (Å²) in [6.07, 6.45) is -2.05. The molecule has 2 aromatic rings. The quantitative estimate of drug-likeness (QED) is 0.637. The molecule has 2 aliphatic rings. The Morgan fingerprint density at radius 3 is 2.36 bits per heavy atom. The number of benzene rings is 1. The second kappa shape index (κ2) is 7.88. The zero-order valence-corrected chi connectivity index (χ0v) is 19.2. The fraction of sp³-hybridized carbons (Fsp3) is 0.542. The van der Waals surface area contributed by atoms with E-state index in [0.717, 1.165) is 18.9 Å². The number of halogens is 3. The largest absolute Gasteiger partial charge is 0.444 e. The van der Waals surface area contributed by atoms with E-state index in [1.807, 2.05) is 0 Å². The molecule has 0 bridgehead atoms. The van der Waals surface area contributed by atoms with Crippen LogP contribution in [0.1, 0.15) is 79.6 Å². The highest BCUT2D eigenvalue weighted by Gasteiger charge is 2.45. The zero-order valence-electron chi connectivity index (χ0n) is 19.2. The fourth-order valence-electron chi connectivity index (χ4n) is 3.86. The summed E-state index contributed by atoms with van der Waals surface area (Å²) < 4.78 is 46.7. The first-order valence-electron chi connectivity index (χ1n) is 11.1. The highest BCUT2D eigenvalue weighted by molar-refractivity contribution is 5.97. The minimum absolute atomic E-state index is 0.0854. The third-order valence-electron chi connectivity index (χ3n) is 5.94. The summed E-state index contributed by atoms with van der Waals surface area (Å²) >= 11 is 0. The van der Waals surface area contributed by atoms with Crippen LogP contribution in [0.25, 0.3) is 10.9 Å². The maximum Gasteiger partial charge on any atom is 0.418 e. The lowest BCUT2D eigenvalue weighted by molar-refractivity contribution is -0.136. The lowest BCUT2D eigenvalue weighted by atomic mass is 9.98. The number of rotatable bonds is 5. The van der Waals surface area contributed by atoms with Crippen molar-refractivity contribution in [1.29, 1.82) is 0 Å². The van der Waals surface area contributed by atoms with Crippen molar-refractivity contribution < 1.29 is 27.5 Å². The molecule has 178 valence electrons. The van der Waals surface area contributed by atoms with Crippen LogP contribution < -0.4 is 10.6 Å². The van der Waals surface area contributed by atoms with Crippen LogP contribution >= 0.6 is 0 Å². The smallest absolute Gasteiger partial charge is 0.418 e. The molecule has 0 unspecified atom stereocenters. The van der Waals surface area contributed by atoms with Crippen LogP contribution in [0.15, 0.2) is 18.2 Å². The van der Waals surface area contributed by atoms with Gasteiger partial charge in [0.1, 0.15) is 11.3 Å². The van der Waals surface area contributed by atoms with E-state index in [4.69, 9.17) is 4.74 Å². The molecule has 0 aliphatic heterocycles. The summed E-state index contributed by atoms with van der Waals surface area (Å²) in [6.45, 7) is 7.08. The molecule has 2 N–H and O–H groups in total. The summed E-state index contributed by atoms with van der Waals surface area (Å²) in [5, 5.41) is 5.90. The van der Waals surface area contributed by atoms with Crippen molar-refractivity contribution in [2.45, 2.75) is 76.6 Å². The normalized spacial score (nSPS) is 17.5. The molecule has 1 aromatic carbocycles. The van der Waals surface area contributed by atoms with E-state index in [1.54, 1.807) is 33.8 Å². The van der Waals surface area contributed by atoms with Gasteiger partial charge in [0.15, 0.2) is 0 Å². The zero-order chi connectivity index (χ0) is 24.2. The molecule has 2 saturated carbocycles. The second-order valence-corrected chi connectivity index (χ2v) is 10.2. The number of carbonyl (C=O) groups is 2. The molecule has 2 aliphatic carbocycles. The Morgan fingerprint density at radius 1 is 1.15 bits per heavy atom. The number of fused-ring (bicyclic) bond motifs is 1.